The molecule has 2 aliphatic rings. The van der Waals surface area contributed by atoms with Gasteiger partial charge in [0.05, 0.1) is 6.17 Å². The quantitative estimate of drug-likeness (QED) is 0.686. The van der Waals surface area contributed by atoms with Crippen molar-refractivity contribution in [1.82, 2.24) is 20.4 Å². The van der Waals surface area contributed by atoms with Gasteiger partial charge in [-0.1, -0.05) is 6.92 Å². The van der Waals surface area contributed by atoms with Crippen LogP contribution in [-0.4, -0.2) is 68.3 Å². The van der Waals surface area contributed by atoms with Gasteiger partial charge in [0.2, 0.25) is 0 Å². The van der Waals surface area contributed by atoms with Crippen molar-refractivity contribution in [2.24, 2.45) is 0 Å². The number of nitrogens with zero attached hydrogens (tertiary/aromatic N) is 3. The Kier molecular flexibility index (Phi) is 4.38. The zero-order valence-electron chi connectivity index (χ0n) is 9.78. The van der Waals surface area contributed by atoms with E-state index in [0.717, 1.165) is 19.6 Å². The molecule has 1 unspecified atom stereocenters. The predicted octanol–water partition coefficient (Wildman–Crippen LogP) is -0.452. The molecule has 0 aromatic heterocycles. The summed E-state index contributed by atoms with van der Waals surface area (Å²) in [6.07, 6.45) is 1.72. The van der Waals surface area contributed by atoms with Crippen LogP contribution in [0.15, 0.2) is 0 Å². The van der Waals surface area contributed by atoms with Crippen LogP contribution in [0.5, 0.6) is 0 Å². The number of nitrogens with one attached hydrogen (secondary N) is 1. The molecule has 0 spiro atoms. The normalized spacial score (nSPS) is 30.6. The summed E-state index contributed by atoms with van der Waals surface area (Å²) in [5.74, 6) is 0. The highest BCUT2D eigenvalue weighted by Gasteiger charge is 2.24. The molecule has 15 heavy (non-hydrogen) atoms. The Balaban J connectivity index is 1.72. The Morgan fingerprint density at radius 2 is 2.07 bits per heavy atom. The molecular formula is C11H23N4. The maximum absolute atomic E-state index is 4.67. The van der Waals surface area contributed by atoms with Crippen molar-refractivity contribution in [3.8, 4) is 0 Å². The van der Waals surface area contributed by atoms with E-state index in [1.165, 1.54) is 39.1 Å². The van der Waals surface area contributed by atoms with Gasteiger partial charge in [0.15, 0.2) is 0 Å². The number of piperazine rings is 2. The van der Waals surface area contributed by atoms with Crippen LogP contribution in [0.25, 0.3) is 0 Å². The second kappa shape index (κ2) is 5.80. The molecule has 1 radical (unpaired) electrons. The topological polar surface area (TPSA) is 32.6 Å². The average molecular weight is 211 g/mol. The lowest BCUT2D eigenvalue weighted by atomic mass is 10.2. The number of hydrogen-bond acceptors (Lipinski definition) is 3. The zero-order chi connectivity index (χ0) is 10.5. The molecule has 2 aliphatic heterocycles. The molecule has 2 heterocycles. The highest BCUT2D eigenvalue weighted by atomic mass is 15.3. The van der Waals surface area contributed by atoms with Gasteiger partial charge in [-0.15, -0.1) is 0 Å². The first-order valence-corrected chi connectivity index (χ1v) is 6.24. The van der Waals surface area contributed by atoms with Gasteiger partial charge in [-0.05, 0) is 13.0 Å². The fourth-order valence-corrected chi connectivity index (χ4v) is 2.43. The second-order valence-corrected chi connectivity index (χ2v) is 4.47. The molecule has 1 atom stereocenters. The summed E-state index contributed by atoms with van der Waals surface area (Å²) in [4.78, 5) is 5.09. The van der Waals surface area contributed by atoms with E-state index in [9.17, 15) is 0 Å². The summed E-state index contributed by atoms with van der Waals surface area (Å²) >= 11 is 0. The highest BCUT2D eigenvalue weighted by Crippen LogP contribution is 2.06. The largest absolute Gasteiger partial charge is 0.312 e. The minimum atomic E-state index is 0.447. The summed E-state index contributed by atoms with van der Waals surface area (Å²) in [5, 5.41) is 8.09. The zero-order valence-corrected chi connectivity index (χ0v) is 9.78. The fraction of sp³-hybridized carbons (Fsp3) is 1.00. The van der Waals surface area contributed by atoms with E-state index < -0.39 is 0 Å². The third-order valence-electron chi connectivity index (χ3n) is 3.32. The molecule has 2 fully saturated rings. The molecule has 1 N–H and O–H groups in total. The monoisotopic (exact) mass is 211 g/mol. The van der Waals surface area contributed by atoms with Crippen LogP contribution >= 0.6 is 0 Å². The van der Waals surface area contributed by atoms with Gasteiger partial charge in [0.1, 0.15) is 0 Å². The molecule has 2 saturated heterocycles. The number of hydrogen-bond donors (Lipinski definition) is 1. The van der Waals surface area contributed by atoms with E-state index in [4.69, 9.17) is 0 Å². The van der Waals surface area contributed by atoms with E-state index in [1.807, 2.05) is 0 Å². The SMILES string of the molecule is CCCN1CCN(C2CNCC[N]2)CC1. The van der Waals surface area contributed by atoms with Gasteiger partial charge >= 0.3 is 0 Å². The summed E-state index contributed by atoms with van der Waals surface area (Å²) < 4.78 is 0. The first-order chi connectivity index (χ1) is 7.40. The van der Waals surface area contributed by atoms with Crippen LogP contribution in [0.4, 0.5) is 0 Å². The molecule has 0 aliphatic carbocycles. The highest BCUT2D eigenvalue weighted by molar-refractivity contribution is 4.80. The van der Waals surface area contributed by atoms with Gasteiger partial charge < -0.3 is 10.2 Å². The third kappa shape index (κ3) is 3.14. The first kappa shape index (κ1) is 11.3. The lowest BCUT2D eigenvalue weighted by molar-refractivity contribution is 0.0724. The van der Waals surface area contributed by atoms with Crippen LogP contribution in [0.1, 0.15) is 13.3 Å². The van der Waals surface area contributed by atoms with E-state index in [1.54, 1.807) is 0 Å². The van der Waals surface area contributed by atoms with Crippen molar-refractivity contribution < 1.29 is 0 Å². The minimum absolute atomic E-state index is 0.447. The van der Waals surface area contributed by atoms with Crippen molar-refractivity contribution in [2.75, 3.05) is 52.4 Å². The fourth-order valence-electron chi connectivity index (χ4n) is 2.43. The van der Waals surface area contributed by atoms with Gasteiger partial charge in [0, 0.05) is 45.8 Å². The average Bonchev–Trinajstić information content (AvgIpc) is 2.32. The predicted molar refractivity (Wildman–Crippen MR) is 62.0 cm³/mol. The van der Waals surface area contributed by atoms with Crippen LogP contribution in [0.3, 0.4) is 0 Å². The van der Waals surface area contributed by atoms with Crippen molar-refractivity contribution in [1.29, 1.82) is 0 Å². The maximum Gasteiger partial charge on any atom is 0.0888 e. The molecule has 0 aromatic rings. The standard InChI is InChI=1S/C11H23N4/c1-2-5-14-6-8-15(9-7-14)11-10-12-3-4-13-11/h11-12H,2-10H2,1H3. The Morgan fingerprint density at radius 1 is 1.27 bits per heavy atom. The van der Waals surface area contributed by atoms with Crippen LogP contribution in [0.2, 0.25) is 0 Å². The van der Waals surface area contributed by atoms with Gasteiger partial charge in [-0.25, -0.2) is 5.32 Å². The van der Waals surface area contributed by atoms with E-state index in [2.05, 4.69) is 27.4 Å². The van der Waals surface area contributed by atoms with Crippen LogP contribution in [-0.2, 0) is 0 Å². The Labute approximate surface area is 93.0 Å². The lowest BCUT2D eigenvalue weighted by Crippen LogP contribution is -2.58. The molecular weight excluding hydrogens is 188 g/mol. The van der Waals surface area contributed by atoms with Crippen molar-refractivity contribution in [3.05, 3.63) is 0 Å². The van der Waals surface area contributed by atoms with Gasteiger partial charge in [-0.2, -0.15) is 0 Å². The summed E-state index contributed by atoms with van der Waals surface area (Å²) in [7, 11) is 0. The minimum Gasteiger partial charge on any atom is -0.312 e. The number of rotatable bonds is 3. The van der Waals surface area contributed by atoms with Crippen LogP contribution < -0.4 is 10.6 Å². The molecule has 4 heteroatoms. The van der Waals surface area contributed by atoms with Crippen molar-refractivity contribution in [3.63, 3.8) is 0 Å². The maximum atomic E-state index is 4.67. The molecule has 0 amide bonds. The Bertz CT molecular complexity index is 171. The van der Waals surface area contributed by atoms with E-state index in [-0.39, 0.29) is 0 Å². The van der Waals surface area contributed by atoms with Gasteiger partial charge in [-0.3, -0.25) is 4.90 Å². The van der Waals surface area contributed by atoms with E-state index in [0.29, 0.717) is 6.17 Å². The molecule has 0 bridgehead atoms. The summed E-state index contributed by atoms with van der Waals surface area (Å²) in [5.41, 5.74) is 0. The molecule has 0 saturated carbocycles. The van der Waals surface area contributed by atoms with Gasteiger partial charge in [0.25, 0.3) is 0 Å². The summed E-state index contributed by atoms with van der Waals surface area (Å²) in [6.45, 7) is 11.4. The Morgan fingerprint density at radius 3 is 2.67 bits per heavy atom. The summed E-state index contributed by atoms with van der Waals surface area (Å²) in [6, 6.07) is 0. The molecule has 87 valence electrons. The van der Waals surface area contributed by atoms with Crippen molar-refractivity contribution >= 4 is 0 Å². The van der Waals surface area contributed by atoms with E-state index >= 15 is 0 Å². The third-order valence-corrected chi connectivity index (χ3v) is 3.32. The van der Waals surface area contributed by atoms with Crippen LogP contribution in [0, 0.1) is 0 Å². The second-order valence-electron chi connectivity index (χ2n) is 4.47. The molecule has 4 nitrogen and oxygen atoms in total. The van der Waals surface area contributed by atoms with Crippen molar-refractivity contribution in [2.45, 2.75) is 19.5 Å². The Hall–Kier alpha value is -0.160. The lowest BCUT2D eigenvalue weighted by Gasteiger charge is -2.40. The molecule has 0 aromatic carbocycles. The first-order valence-electron chi connectivity index (χ1n) is 6.24. The molecule has 2 rings (SSSR count). The smallest absolute Gasteiger partial charge is 0.0888 e.